The van der Waals surface area contributed by atoms with Gasteiger partial charge in [0.2, 0.25) is 5.91 Å². The SMILES string of the molecule is C[C@H](Oc1ccccc1F)C(=O)NNC(=O)Cc1csc(-c2ccc(F)cc2)n1. The van der Waals surface area contributed by atoms with Crippen molar-refractivity contribution in [3.8, 4) is 16.3 Å². The number of hydrogen-bond acceptors (Lipinski definition) is 5. The molecule has 2 amide bonds. The third-order valence-electron chi connectivity index (χ3n) is 3.82. The van der Waals surface area contributed by atoms with E-state index in [1.165, 1.54) is 48.6 Å². The molecule has 2 N–H and O–H groups in total. The Morgan fingerprint density at radius 2 is 1.83 bits per heavy atom. The second kappa shape index (κ2) is 9.24. The highest BCUT2D eigenvalue weighted by molar-refractivity contribution is 7.13. The second-order valence-electron chi connectivity index (χ2n) is 6.06. The second-order valence-corrected chi connectivity index (χ2v) is 6.91. The highest BCUT2D eigenvalue weighted by Crippen LogP contribution is 2.24. The fourth-order valence-electron chi connectivity index (χ4n) is 2.34. The van der Waals surface area contributed by atoms with Gasteiger partial charge in [0.25, 0.3) is 5.91 Å². The first-order valence-corrected chi connectivity index (χ1v) is 9.50. The van der Waals surface area contributed by atoms with Crippen molar-refractivity contribution in [2.24, 2.45) is 0 Å². The quantitative estimate of drug-likeness (QED) is 0.604. The normalized spacial score (nSPS) is 11.6. The number of nitrogens with zero attached hydrogens (tertiary/aromatic N) is 1. The Balaban J connectivity index is 1.49. The van der Waals surface area contributed by atoms with Crippen molar-refractivity contribution in [2.75, 3.05) is 0 Å². The summed E-state index contributed by atoms with van der Waals surface area (Å²) in [7, 11) is 0. The van der Waals surface area contributed by atoms with Gasteiger partial charge >= 0.3 is 0 Å². The maximum Gasteiger partial charge on any atom is 0.279 e. The zero-order valence-electron chi connectivity index (χ0n) is 15.3. The lowest BCUT2D eigenvalue weighted by molar-refractivity contribution is -0.132. The van der Waals surface area contributed by atoms with Crippen LogP contribution in [0, 0.1) is 11.6 Å². The summed E-state index contributed by atoms with van der Waals surface area (Å²) in [5.41, 5.74) is 5.76. The summed E-state index contributed by atoms with van der Waals surface area (Å²) < 4.78 is 31.8. The molecule has 0 unspecified atom stereocenters. The number of thiazole rings is 1. The van der Waals surface area contributed by atoms with E-state index in [-0.39, 0.29) is 18.0 Å². The Kier molecular flexibility index (Phi) is 6.50. The Morgan fingerprint density at radius 1 is 1.10 bits per heavy atom. The van der Waals surface area contributed by atoms with E-state index in [0.29, 0.717) is 10.7 Å². The van der Waals surface area contributed by atoms with Crippen LogP contribution in [0.25, 0.3) is 10.6 Å². The topological polar surface area (TPSA) is 80.3 Å². The molecule has 0 radical (unpaired) electrons. The monoisotopic (exact) mass is 417 g/mol. The number of hydrazine groups is 1. The van der Waals surface area contributed by atoms with E-state index in [1.54, 1.807) is 23.6 Å². The van der Waals surface area contributed by atoms with Crippen molar-refractivity contribution in [1.82, 2.24) is 15.8 Å². The smallest absolute Gasteiger partial charge is 0.279 e. The van der Waals surface area contributed by atoms with Gasteiger partial charge in [-0.1, -0.05) is 12.1 Å². The summed E-state index contributed by atoms with van der Waals surface area (Å²) >= 11 is 1.33. The molecule has 6 nitrogen and oxygen atoms in total. The Labute approximate surface area is 169 Å². The molecule has 3 aromatic rings. The summed E-state index contributed by atoms with van der Waals surface area (Å²) in [5.74, 6) is -2.10. The first-order chi connectivity index (χ1) is 13.9. The molecule has 9 heteroatoms. The molecule has 1 atom stereocenters. The third-order valence-corrected chi connectivity index (χ3v) is 4.76. The van der Waals surface area contributed by atoms with Crippen LogP contribution in [0.2, 0.25) is 0 Å². The molecule has 1 aromatic heterocycles. The number of ether oxygens (including phenoxy) is 1. The van der Waals surface area contributed by atoms with E-state index in [2.05, 4.69) is 15.8 Å². The number of halogens is 2. The summed E-state index contributed by atoms with van der Waals surface area (Å²) in [6.07, 6.45) is -1.07. The minimum absolute atomic E-state index is 0.0550. The van der Waals surface area contributed by atoms with Gasteiger partial charge in [-0.2, -0.15) is 0 Å². The molecule has 0 bridgehead atoms. The van der Waals surface area contributed by atoms with Gasteiger partial charge in [-0.05, 0) is 43.3 Å². The molecule has 0 aliphatic heterocycles. The molecule has 0 aliphatic carbocycles. The fourth-order valence-corrected chi connectivity index (χ4v) is 3.16. The predicted molar refractivity (Wildman–Crippen MR) is 104 cm³/mol. The summed E-state index contributed by atoms with van der Waals surface area (Å²) in [6.45, 7) is 1.43. The molecule has 0 aliphatic rings. The lowest BCUT2D eigenvalue weighted by Gasteiger charge is -2.15. The minimum atomic E-state index is -1.02. The van der Waals surface area contributed by atoms with Crippen LogP contribution in [0.15, 0.2) is 53.9 Å². The van der Waals surface area contributed by atoms with Gasteiger partial charge in [0.1, 0.15) is 10.8 Å². The average Bonchev–Trinajstić information content (AvgIpc) is 3.16. The Morgan fingerprint density at radius 3 is 2.55 bits per heavy atom. The molecule has 2 aromatic carbocycles. The van der Waals surface area contributed by atoms with Gasteiger partial charge in [0.15, 0.2) is 17.7 Å². The van der Waals surface area contributed by atoms with E-state index in [0.717, 1.165) is 5.56 Å². The van der Waals surface area contributed by atoms with Crippen molar-refractivity contribution in [3.63, 3.8) is 0 Å². The number of carbonyl (C=O) groups is 2. The molecule has 1 heterocycles. The number of hydrogen-bond donors (Lipinski definition) is 2. The summed E-state index contributed by atoms with van der Waals surface area (Å²) in [5, 5.41) is 2.37. The van der Waals surface area contributed by atoms with Crippen molar-refractivity contribution < 1.29 is 23.1 Å². The number of nitrogens with one attached hydrogen (secondary N) is 2. The van der Waals surface area contributed by atoms with Gasteiger partial charge in [-0.3, -0.25) is 20.4 Å². The maximum absolute atomic E-state index is 13.6. The Bertz CT molecular complexity index is 1010. The molecule has 29 heavy (non-hydrogen) atoms. The summed E-state index contributed by atoms with van der Waals surface area (Å²) in [4.78, 5) is 28.4. The minimum Gasteiger partial charge on any atom is -0.478 e. The van der Waals surface area contributed by atoms with Gasteiger partial charge in [0, 0.05) is 10.9 Å². The molecule has 150 valence electrons. The zero-order valence-corrected chi connectivity index (χ0v) is 16.1. The standard InChI is InChI=1S/C20H17F2N3O3S/c1-12(28-17-5-3-2-4-16(17)22)19(27)25-24-18(26)10-15-11-29-20(23-15)13-6-8-14(21)9-7-13/h2-9,11-12H,10H2,1H3,(H,24,26)(H,25,27)/t12-/m0/s1. The van der Waals surface area contributed by atoms with Crippen molar-refractivity contribution >= 4 is 23.2 Å². The Hall–Kier alpha value is -3.33. The van der Waals surface area contributed by atoms with Crippen LogP contribution >= 0.6 is 11.3 Å². The van der Waals surface area contributed by atoms with Gasteiger partial charge in [0.05, 0.1) is 12.1 Å². The summed E-state index contributed by atoms with van der Waals surface area (Å²) in [6, 6.07) is 11.6. The first-order valence-electron chi connectivity index (χ1n) is 8.62. The number of amides is 2. The highest BCUT2D eigenvalue weighted by Gasteiger charge is 2.17. The van der Waals surface area contributed by atoms with Crippen LogP contribution in [0.3, 0.4) is 0 Å². The molecule has 0 spiro atoms. The largest absolute Gasteiger partial charge is 0.478 e. The van der Waals surface area contributed by atoms with Crippen LogP contribution in [-0.4, -0.2) is 22.9 Å². The van der Waals surface area contributed by atoms with Crippen LogP contribution < -0.4 is 15.6 Å². The van der Waals surface area contributed by atoms with E-state index in [9.17, 15) is 18.4 Å². The fraction of sp³-hybridized carbons (Fsp3) is 0.150. The van der Waals surface area contributed by atoms with Crippen LogP contribution in [-0.2, 0) is 16.0 Å². The number of rotatable bonds is 6. The zero-order chi connectivity index (χ0) is 20.8. The highest BCUT2D eigenvalue weighted by atomic mass is 32.1. The average molecular weight is 417 g/mol. The molecular formula is C20H17F2N3O3S. The van der Waals surface area contributed by atoms with Crippen molar-refractivity contribution in [2.45, 2.75) is 19.4 Å². The van der Waals surface area contributed by atoms with Crippen molar-refractivity contribution in [1.29, 1.82) is 0 Å². The molecule has 0 saturated carbocycles. The van der Waals surface area contributed by atoms with Gasteiger partial charge in [-0.15, -0.1) is 11.3 Å². The van der Waals surface area contributed by atoms with Crippen LogP contribution in [0.4, 0.5) is 8.78 Å². The van der Waals surface area contributed by atoms with E-state index >= 15 is 0 Å². The number of carbonyl (C=O) groups excluding carboxylic acids is 2. The number of benzene rings is 2. The molecule has 0 saturated heterocycles. The molecular weight excluding hydrogens is 400 g/mol. The lowest BCUT2D eigenvalue weighted by Crippen LogP contribution is -2.47. The maximum atomic E-state index is 13.6. The number of aromatic nitrogens is 1. The predicted octanol–water partition coefficient (Wildman–Crippen LogP) is 3.25. The van der Waals surface area contributed by atoms with Gasteiger partial charge < -0.3 is 4.74 Å². The number of para-hydroxylation sites is 1. The van der Waals surface area contributed by atoms with Gasteiger partial charge in [-0.25, -0.2) is 13.8 Å². The van der Waals surface area contributed by atoms with E-state index in [4.69, 9.17) is 4.74 Å². The lowest BCUT2D eigenvalue weighted by atomic mass is 10.2. The van der Waals surface area contributed by atoms with Crippen LogP contribution in [0.5, 0.6) is 5.75 Å². The first kappa shape index (κ1) is 20.4. The van der Waals surface area contributed by atoms with E-state index < -0.39 is 23.7 Å². The molecule has 3 rings (SSSR count). The third kappa shape index (κ3) is 5.58. The van der Waals surface area contributed by atoms with Crippen molar-refractivity contribution in [3.05, 3.63) is 71.2 Å². The molecule has 0 fully saturated rings. The van der Waals surface area contributed by atoms with Crippen LogP contribution in [0.1, 0.15) is 12.6 Å². The van der Waals surface area contributed by atoms with E-state index in [1.807, 2.05) is 0 Å².